The summed E-state index contributed by atoms with van der Waals surface area (Å²) in [7, 11) is 0. The number of benzene rings is 2. The van der Waals surface area contributed by atoms with Crippen molar-refractivity contribution in [2.75, 3.05) is 31.6 Å². The maximum Gasteiger partial charge on any atom is 0.283 e. The first-order chi connectivity index (χ1) is 13.0. The second kappa shape index (κ2) is 8.15. The number of carbonyl (C=O) groups excluding carboxylic acids is 2. The molecule has 2 aromatic carbocycles. The van der Waals surface area contributed by atoms with Gasteiger partial charge in [-0.2, -0.15) is 0 Å². The van der Waals surface area contributed by atoms with Crippen LogP contribution >= 0.6 is 11.6 Å². The van der Waals surface area contributed by atoms with E-state index in [1.54, 1.807) is 29.2 Å². The first-order valence-electron chi connectivity index (χ1n) is 8.18. The second-order valence-electron chi connectivity index (χ2n) is 5.82. The molecule has 3 rings (SSSR count). The van der Waals surface area contributed by atoms with Crippen molar-refractivity contribution >= 4 is 34.8 Å². The number of halogens is 1. The Kier molecular flexibility index (Phi) is 5.68. The minimum atomic E-state index is -0.694. The van der Waals surface area contributed by atoms with Crippen molar-refractivity contribution in [3.63, 3.8) is 0 Å². The van der Waals surface area contributed by atoms with Gasteiger partial charge in [-0.15, -0.1) is 0 Å². The van der Waals surface area contributed by atoms with Crippen LogP contribution in [-0.2, 0) is 4.74 Å². The van der Waals surface area contributed by atoms with Gasteiger partial charge in [0.05, 0.1) is 29.4 Å². The van der Waals surface area contributed by atoms with Gasteiger partial charge in [0.1, 0.15) is 5.56 Å². The molecule has 0 atom stereocenters. The summed E-state index contributed by atoms with van der Waals surface area (Å²) in [5.74, 6) is -0.930. The lowest BCUT2D eigenvalue weighted by molar-refractivity contribution is -0.385. The molecule has 27 heavy (non-hydrogen) atoms. The third-order valence-electron chi connectivity index (χ3n) is 4.11. The van der Waals surface area contributed by atoms with Gasteiger partial charge in [0, 0.05) is 24.2 Å². The number of rotatable bonds is 4. The Labute approximate surface area is 159 Å². The topological polar surface area (TPSA) is 102 Å². The van der Waals surface area contributed by atoms with E-state index in [1.165, 1.54) is 12.1 Å². The average molecular weight is 390 g/mol. The molecule has 0 radical (unpaired) electrons. The fourth-order valence-electron chi connectivity index (χ4n) is 2.75. The summed E-state index contributed by atoms with van der Waals surface area (Å²) >= 11 is 5.78. The van der Waals surface area contributed by atoms with Gasteiger partial charge in [0.25, 0.3) is 17.5 Å². The largest absolute Gasteiger partial charge is 0.378 e. The zero-order valence-corrected chi connectivity index (χ0v) is 14.9. The Balaban J connectivity index is 1.87. The van der Waals surface area contributed by atoms with E-state index in [1.807, 2.05) is 0 Å². The predicted octanol–water partition coefficient (Wildman–Crippen LogP) is 2.97. The molecule has 2 aromatic rings. The number of nitrogens with zero attached hydrogens (tertiary/aromatic N) is 2. The van der Waals surface area contributed by atoms with E-state index < -0.39 is 16.5 Å². The SMILES string of the molecule is O=C(Nc1ccccc1C(=O)N1CCOCC1)c1ccc(Cl)cc1[N+](=O)[O-]. The molecule has 0 unspecified atom stereocenters. The zero-order chi connectivity index (χ0) is 19.4. The Morgan fingerprint density at radius 2 is 1.81 bits per heavy atom. The molecule has 9 heteroatoms. The highest BCUT2D eigenvalue weighted by molar-refractivity contribution is 6.31. The molecule has 1 aliphatic rings. The summed E-state index contributed by atoms with van der Waals surface area (Å²) in [6, 6.07) is 10.3. The highest BCUT2D eigenvalue weighted by Crippen LogP contribution is 2.25. The number of para-hydroxylation sites is 1. The molecular weight excluding hydrogens is 374 g/mol. The normalized spacial score (nSPS) is 13.9. The number of anilines is 1. The van der Waals surface area contributed by atoms with Crippen LogP contribution in [-0.4, -0.2) is 47.9 Å². The molecule has 0 saturated carbocycles. The molecule has 2 amide bonds. The maximum absolute atomic E-state index is 12.8. The zero-order valence-electron chi connectivity index (χ0n) is 14.2. The lowest BCUT2D eigenvalue weighted by atomic mass is 10.1. The molecule has 140 valence electrons. The van der Waals surface area contributed by atoms with E-state index in [-0.39, 0.29) is 22.2 Å². The Hall–Kier alpha value is -2.97. The molecule has 1 aliphatic heterocycles. The van der Waals surface area contributed by atoms with Gasteiger partial charge in [-0.25, -0.2) is 0 Å². The Morgan fingerprint density at radius 3 is 2.52 bits per heavy atom. The van der Waals surface area contributed by atoms with Crippen LogP contribution in [0.2, 0.25) is 5.02 Å². The van der Waals surface area contributed by atoms with E-state index >= 15 is 0 Å². The van der Waals surface area contributed by atoms with Crippen LogP contribution in [0.15, 0.2) is 42.5 Å². The minimum Gasteiger partial charge on any atom is -0.378 e. The fraction of sp³-hybridized carbons (Fsp3) is 0.222. The molecule has 1 N–H and O–H groups in total. The van der Waals surface area contributed by atoms with Crippen molar-refractivity contribution in [2.24, 2.45) is 0 Å². The van der Waals surface area contributed by atoms with Gasteiger partial charge >= 0.3 is 0 Å². The van der Waals surface area contributed by atoms with E-state index in [2.05, 4.69) is 5.32 Å². The molecule has 0 bridgehead atoms. The fourth-order valence-corrected chi connectivity index (χ4v) is 2.92. The molecule has 1 fully saturated rings. The Morgan fingerprint density at radius 1 is 1.11 bits per heavy atom. The number of hydrogen-bond donors (Lipinski definition) is 1. The minimum absolute atomic E-state index is 0.141. The van der Waals surface area contributed by atoms with Crippen molar-refractivity contribution < 1.29 is 19.2 Å². The third kappa shape index (κ3) is 4.24. The number of carbonyl (C=O) groups is 2. The molecule has 0 aromatic heterocycles. The first kappa shape index (κ1) is 18.8. The van der Waals surface area contributed by atoms with Crippen LogP contribution < -0.4 is 5.32 Å². The Bertz CT molecular complexity index is 896. The summed E-state index contributed by atoms with van der Waals surface area (Å²) in [6.07, 6.45) is 0. The predicted molar refractivity (Wildman–Crippen MR) is 99.2 cm³/mol. The first-order valence-corrected chi connectivity index (χ1v) is 8.56. The van der Waals surface area contributed by atoms with Gasteiger partial charge in [-0.3, -0.25) is 19.7 Å². The van der Waals surface area contributed by atoms with Crippen molar-refractivity contribution in [1.82, 2.24) is 4.90 Å². The van der Waals surface area contributed by atoms with Crippen LogP contribution in [0.1, 0.15) is 20.7 Å². The summed E-state index contributed by atoms with van der Waals surface area (Å²) in [5, 5.41) is 14.0. The standard InChI is InChI=1S/C18H16ClN3O5/c19-12-5-6-14(16(11-12)22(25)26)17(23)20-15-4-2-1-3-13(15)18(24)21-7-9-27-10-8-21/h1-6,11H,7-10H2,(H,20,23). The number of hydrogen-bond acceptors (Lipinski definition) is 5. The van der Waals surface area contributed by atoms with Crippen molar-refractivity contribution in [3.05, 3.63) is 68.7 Å². The van der Waals surface area contributed by atoms with E-state index in [4.69, 9.17) is 16.3 Å². The van der Waals surface area contributed by atoms with E-state index in [0.29, 0.717) is 31.9 Å². The summed E-state index contributed by atoms with van der Waals surface area (Å²) < 4.78 is 5.25. The van der Waals surface area contributed by atoms with E-state index in [9.17, 15) is 19.7 Å². The molecule has 1 saturated heterocycles. The maximum atomic E-state index is 12.8. The molecule has 0 spiro atoms. The van der Waals surface area contributed by atoms with Gasteiger partial charge < -0.3 is 15.0 Å². The highest BCUT2D eigenvalue weighted by Gasteiger charge is 2.24. The van der Waals surface area contributed by atoms with Crippen LogP contribution in [0.4, 0.5) is 11.4 Å². The lowest BCUT2D eigenvalue weighted by Crippen LogP contribution is -2.41. The summed E-state index contributed by atoms with van der Waals surface area (Å²) in [5.41, 5.74) is 0.0441. The van der Waals surface area contributed by atoms with E-state index in [0.717, 1.165) is 6.07 Å². The molecule has 0 aliphatic carbocycles. The van der Waals surface area contributed by atoms with Crippen molar-refractivity contribution in [1.29, 1.82) is 0 Å². The van der Waals surface area contributed by atoms with Crippen molar-refractivity contribution in [3.8, 4) is 0 Å². The average Bonchev–Trinajstić information content (AvgIpc) is 2.68. The van der Waals surface area contributed by atoms with Gasteiger partial charge in [-0.05, 0) is 24.3 Å². The molecule has 1 heterocycles. The van der Waals surface area contributed by atoms with Crippen molar-refractivity contribution in [2.45, 2.75) is 0 Å². The summed E-state index contributed by atoms with van der Waals surface area (Å²) in [6.45, 7) is 1.84. The number of nitro groups is 1. The van der Waals surface area contributed by atoms with Crippen LogP contribution in [0.3, 0.4) is 0 Å². The number of ether oxygens (including phenoxy) is 1. The van der Waals surface area contributed by atoms with Gasteiger partial charge in [-0.1, -0.05) is 23.7 Å². The molecular formula is C18H16ClN3O5. The van der Waals surface area contributed by atoms with Gasteiger partial charge in [0.2, 0.25) is 0 Å². The third-order valence-corrected chi connectivity index (χ3v) is 4.34. The van der Waals surface area contributed by atoms with Gasteiger partial charge in [0.15, 0.2) is 0 Å². The number of morpholine rings is 1. The summed E-state index contributed by atoms with van der Waals surface area (Å²) in [4.78, 5) is 37.5. The lowest BCUT2D eigenvalue weighted by Gasteiger charge is -2.27. The van der Waals surface area contributed by atoms with Crippen LogP contribution in [0, 0.1) is 10.1 Å². The number of nitrogens with one attached hydrogen (secondary N) is 1. The molecule has 8 nitrogen and oxygen atoms in total. The second-order valence-corrected chi connectivity index (χ2v) is 6.26. The van der Waals surface area contributed by atoms with Crippen LogP contribution in [0.25, 0.3) is 0 Å². The van der Waals surface area contributed by atoms with Crippen LogP contribution in [0.5, 0.6) is 0 Å². The highest BCUT2D eigenvalue weighted by atomic mass is 35.5. The quantitative estimate of drug-likeness (QED) is 0.639. The number of nitro benzene ring substituents is 1. The number of amides is 2. The monoisotopic (exact) mass is 389 g/mol. The smallest absolute Gasteiger partial charge is 0.283 e.